The molecule has 5 fully saturated rings. The Kier molecular flexibility index (Phi) is 23.1. The van der Waals surface area contributed by atoms with Gasteiger partial charge in [0.25, 0.3) is 0 Å². The number of hydrogen-bond donors (Lipinski definition) is 2. The molecule has 0 aromatic heterocycles. The molecular weight excluding hydrogens is 1570 g/mol. The molecule has 17 nitrogen and oxygen atoms in total. The first-order chi connectivity index (χ1) is 78.2. The Bertz CT molecular complexity index is 6810. The van der Waals surface area contributed by atoms with E-state index in [1.165, 1.54) is 17.0 Å². The van der Waals surface area contributed by atoms with Crippen LogP contribution < -0.4 is 24.5 Å². The zero-order valence-corrected chi connectivity index (χ0v) is 71.8. The summed E-state index contributed by atoms with van der Waals surface area (Å²) in [4.78, 5) is 79.6. The van der Waals surface area contributed by atoms with Crippen molar-refractivity contribution >= 4 is 58.0 Å². The number of anilines is 5. The van der Waals surface area contributed by atoms with Crippen LogP contribution in [0, 0.1) is 0 Å². The van der Waals surface area contributed by atoms with Crippen LogP contribution in [0.2, 0.25) is 0 Å². The van der Waals surface area contributed by atoms with Gasteiger partial charge in [-0.15, -0.1) is 0 Å². The summed E-state index contributed by atoms with van der Waals surface area (Å²) >= 11 is 0. The van der Waals surface area contributed by atoms with Gasteiger partial charge in [-0.2, -0.15) is 0 Å². The van der Waals surface area contributed by atoms with Crippen molar-refractivity contribution in [1.29, 1.82) is 0 Å². The summed E-state index contributed by atoms with van der Waals surface area (Å²) in [5, 5.41) is 21.2. The largest absolute Gasteiger partial charge is 0.387 e. The number of rotatable bonds is 30. The van der Waals surface area contributed by atoms with Crippen LogP contribution in [0.4, 0.5) is 28.4 Å². The fraction of sp³-hybridized carbons (Fsp3) is 0.409. The molecule has 0 saturated carbocycles. The minimum atomic E-state index is -3.47. The summed E-state index contributed by atoms with van der Waals surface area (Å²) in [5.74, 6) is -4.43. The maximum absolute atomic E-state index is 13.5. The SMILES string of the molecule is [2H]C(O)(CN1CCC(N(C(=O)CC)c2ccccc2)CC1)c1ccccc1.[2H]C([2H])(C(O)c1ccccc1)N1CCC(N(C(=O)CC)c2ccccc2)CC1.[2H]c1c([2H])c([2H])c(N(C(=O)C([2H])([2H])C([2H])([2H])[2H])C2CCN(C([2H])([2H])C([2H])([2H])c3ccccc3)CC2)c([2H])c1[2H].[2H]c1c([2H])c([2H])c(N(C(=O)C([2H])([2H])C([2H])([2H])[2H])C2CCN(C([2H])([2H])Cc3ccccc3)CC2)c([2H])c1[2H].[2H]c1c([2H])c([2H])c(N(C(=O)C([2H])([2H])C([2H])([2H])[2H])C2CCN(CC([2H])([2H])c3ccccc3)CC2)c([2H])c1[2H]. The van der Waals surface area contributed by atoms with E-state index in [2.05, 4.69) is 4.90 Å². The number of aliphatic hydroxyl groups is 2. The molecular formula is C110H140N10O7. The van der Waals surface area contributed by atoms with E-state index < -0.39 is 228 Å². The van der Waals surface area contributed by atoms with Crippen LogP contribution >= 0.6 is 0 Å². The van der Waals surface area contributed by atoms with Gasteiger partial charge in [-0.05, 0) is 172 Å². The van der Waals surface area contributed by atoms with Crippen molar-refractivity contribution in [1.82, 2.24) is 24.5 Å². The predicted molar refractivity (Wildman–Crippen MR) is 522 cm³/mol. The van der Waals surface area contributed by atoms with E-state index in [1.807, 2.05) is 120 Å². The highest BCUT2D eigenvalue weighted by atomic mass is 16.3. The summed E-state index contributed by atoms with van der Waals surface area (Å²) in [6, 6.07) is 49.1. The molecule has 0 bridgehead atoms. The number of para-hydroxylation sites is 5. The number of carbonyl (C=O) groups is 5. The average molecular weight is 1760 g/mol. The Morgan fingerprint density at radius 3 is 0.992 bits per heavy atom. The van der Waals surface area contributed by atoms with E-state index in [1.54, 1.807) is 119 Å². The smallest absolute Gasteiger partial charge is 0.226 e. The van der Waals surface area contributed by atoms with Gasteiger partial charge in [0.05, 0.1) is 34.1 Å². The summed E-state index contributed by atoms with van der Waals surface area (Å²) in [6.07, 6.45) is -12.9. The van der Waals surface area contributed by atoms with Crippen molar-refractivity contribution < 1.29 is 90.4 Å². The number of aryl methyl sites for hydroxylation is 2. The van der Waals surface area contributed by atoms with E-state index in [0.29, 0.717) is 65.3 Å². The molecule has 5 aliphatic heterocycles. The van der Waals surface area contributed by atoms with Gasteiger partial charge in [0.1, 0.15) is 0 Å². The molecule has 5 heterocycles. The molecule has 672 valence electrons. The lowest BCUT2D eigenvalue weighted by Gasteiger charge is -2.39. The maximum atomic E-state index is 13.5. The van der Waals surface area contributed by atoms with Gasteiger partial charge < -0.3 is 59.2 Å². The Morgan fingerprint density at radius 2 is 0.638 bits per heavy atom. The van der Waals surface area contributed by atoms with Crippen LogP contribution in [-0.2, 0) is 43.1 Å². The summed E-state index contributed by atoms with van der Waals surface area (Å²) in [7, 11) is 0. The van der Waals surface area contributed by atoms with Crippen LogP contribution in [0.3, 0.4) is 0 Å². The van der Waals surface area contributed by atoms with Crippen LogP contribution in [0.25, 0.3) is 0 Å². The fourth-order valence-electron chi connectivity index (χ4n) is 15.7. The molecule has 5 aliphatic rings. The average Bonchev–Trinajstić information content (AvgIpc) is 0.784. The highest BCUT2D eigenvalue weighted by Gasteiger charge is 2.35. The third-order valence-corrected chi connectivity index (χ3v) is 22.4. The minimum absolute atomic E-state index is 0.0377. The molecule has 10 aromatic carbocycles. The van der Waals surface area contributed by atoms with Gasteiger partial charge in [0, 0.05) is 223 Å². The molecule has 5 amide bonds. The number of β-amino-alcohol motifs (C(OH)–C–C–N with tert-alkyl or cyclic N) is 2. The normalized spacial score (nSPS) is 22.5. The number of piperidine rings is 5. The Hall–Kier alpha value is -10.7. The zero-order chi connectivity index (χ0) is 125. The third-order valence-electron chi connectivity index (χ3n) is 22.4. The van der Waals surface area contributed by atoms with E-state index in [9.17, 15) is 34.2 Å². The Balaban J connectivity index is 0.000000198. The van der Waals surface area contributed by atoms with Crippen LogP contribution in [-0.4, -0.2) is 192 Å². The van der Waals surface area contributed by atoms with Gasteiger partial charge in [0.15, 0.2) is 0 Å². The zero-order valence-electron chi connectivity index (χ0n) is 113. The number of amides is 5. The van der Waals surface area contributed by atoms with Crippen molar-refractivity contribution in [3.63, 3.8) is 0 Å². The number of carbonyl (C=O) groups excluding carboxylic acids is 5. The molecule has 2 unspecified atom stereocenters. The van der Waals surface area contributed by atoms with E-state index in [4.69, 9.17) is 56.2 Å². The van der Waals surface area contributed by atoms with E-state index in [-0.39, 0.29) is 127 Å². The molecule has 127 heavy (non-hydrogen) atoms. The Morgan fingerprint density at radius 1 is 0.346 bits per heavy atom. The van der Waals surface area contributed by atoms with E-state index in [0.717, 1.165) is 47.8 Å². The van der Waals surface area contributed by atoms with Gasteiger partial charge in [0.2, 0.25) is 29.5 Å². The third kappa shape index (κ3) is 30.5. The van der Waals surface area contributed by atoms with Gasteiger partial charge >= 0.3 is 0 Å². The summed E-state index contributed by atoms with van der Waals surface area (Å²) in [5.41, 5.74) is 2.59. The number of benzene rings is 10. The molecule has 0 spiro atoms. The lowest BCUT2D eigenvalue weighted by atomic mass is 10.0. The molecule has 2 atom stereocenters. The van der Waals surface area contributed by atoms with Gasteiger partial charge in [-0.3, -0.25) is 24.0 Å². The lowest BCUT2D eigenvalue weighted by Crippen LogP contribution is -2.48. The Labute approximate surface area is 816 Å². The van der Waals surface area contributed by atoms with Gasteiger partial charge in [-0.25, -0.2) is 0 Å². The van der Waals surface area contributed by atoms with Crippen molar-refractivity contribution in [3.8, 4) is 0 Å². The highest BCUT2D eigenvalue weighted by Crippen LogP contribution is 2.32. The number of likely N-dealkylation sites (tertiary alicyclic amines) is 5. The molecule has 5 saturated heterocycles. The quantitative estimate of drug-likeness (QED) is 0.0440. The van der Waals surface area contributed by atoms with Crippen LogP contribution in [0.5, 0.6) is 0 Å². The van der Waals surface area contributed by atoms with Crippen molar-refractivity contribution in [2.45, 2.75) is 192 Å². The highest BCUT2D eigenvalue weighted by molar-refractivity contribution is 5.96. The molecule has 0 aliphatic carbocycles. The molecule has 2 N–H and O–H groups in total. The summed E-state index contributed by atoms with van der Waals surface area (Å²) < 4.78 is 331. The fourth-order valence-corrected chi connectivity index (χ4v) is 15.7. The van der Waals surface area contributed by atoms with Crippen molar-refractivity contribution in [2.24, 2.45) is 0 Å². The number of hydrogen-bond acceptors (Lipinski definition) is 12. The van der Waals surface area contributed by atoms with E-state index >= 15 is 0 Å². The lowest BCUT2D eigenvalue weighted by molar-refractivity contribution is -0.119. The molecule has 15 rings (SSSR count). The first-order valence-electron chi connectivity index (χ1n) is 63.6. The van der Waals surface area contributed by atoms with Gasteiger partial charge in [-0.1, -0.05) is 277 Å². The van der Waals surface area contributed by atoms with Crippen molar-refractivity contribution in [3.05, 3.63) is 331 Å². The number of aliphatic hydroxyl groups excluding tert-OH is 1. The topological polar surface area (TPSA) is 158 Å². The monoisotopic (exact) mass is 1750 g/mol. The first kappa shape index (κ1) is 55.2. The van der Waals surface area contributed by atoms with Crippen molar-refractivity contribution in [2.75, 3.05) is 123 Å². The second-order valence-electron chi connectivity index (χ2n) is 30.6. The molecule has 10 aromatic rings. The number of nitrogens with zero attached hydrogens (tertiary/aromatic N) is 10. The van der Waals surface area contributed by atoms with Crippen LogP contribution in [0.15, 0.2) is 303 Å². The molecule has 17 heteroatoms. The van der Waals surface area contributed by atoms with Crippen LogP contribution in [0.1, 0.15) is 227 Å². The second-order valence-corrected chi connectivity index (χ2v) is 30.6. The first-order valence-corrected chi connectivity index (χ1v) is 43.1. The summed E-state index contributed by atoms with van der Waals surface area (Å²) in [6.45, 7) is -9.25. The maximum Gasteiger partial charge on any atom is 0.226 e. The predicted octanol–water partition coefficient (Wildman–Crippen LogP) is 19.7. The minimum Gasteiger partial charge on any atom is -0.387 e. The second kappa shape index (κ2) is 53.2. The standard InChI is InChI=1S/2C22H28N2O2.3C22H28N2O/c2*1-2-22(26)24(19-11-7-4-8-12-19)20-13-15-23(16-14-20)17-21(25)18-9-5-3-6-10-18;3*1-2-22(25)24(20-11-7-4-8-12-20)21-14-17-23(18-15-21)16-13-19-9-5-3-6-10-19/h2*3-12,20-21,25H,2,13-17H2,1H3;3*3-12,21H,2,13-18H2,1H3/i21D;17D2;1D3,2D2,4D,7D,8D,11D,12D,13D2,16D2;1D3,2D2,4D,7D,8D,11D,12D,16D2;1D3,2D2,4D,7D,8D,11D,12D,13D2. The molecule has 0 radical (unpaired) electrons.